The molecule has 1 heterocycles. The van der Waals surface area contributed by atoms with E-state index in [0.29, 0.717) is 16.4 Å². The van der Waals surface area contributed by atoms with Crippen LogP contribution in [0.3, 0.4) is 0 Å². The van der Waals surface area contributed by atoms with E-state index in [1.807, 2.05) is 36.4 Å². The van der Waals surface area contributed by atoms with E-state index in [0.717, 1.165) is 22.1 Å². The van der Waals surface area contributed by atoms with Crippen LogP contribution in [0, 0.1) is 0 Å². The van der Waals surface area contributed by atoms with Gasteiger partial charge in [-0.3, -0.25) is 4.79 Å². The number of carbonyl (C=O) groups excluding carboxylic acids is 2. The Hall–Kier alpha value is -2.93. The molecule has 0 spiro atoms. The number of fused-ring (bicyclic) bond motifs is 1. The number of methoxy groups -OCH3 is 2. The largest absolute Gasteiger partial charge is 0.497 e. The molecule has 0 bridgehead atoms. The number of nitrogens with one attached hydrogen (secondary N) is 2. The molecule has 0 aliphatic carbocycles. The summed E-state index contributed by atoms with van der Waals surface area (Å²) in [4.78, 5) is 24.3. The van der Waals surface area contributed by atoms with Gasteiger partial charge >= 0.3 is 5.97 Å². The van der Waals surface area contributed by atoms with Crippen molar-refractivity contribution in [3.8, 4) is 5.75 Å². The van der Waals surface area contributed by atoms with Crippen LogP contribution in [0.5, 0.6) is 5.75 Å². The Balaban J connectivity index is 2.08. The number of carbonyl (C=O) groups is 2. The average molecular weight is 370 g/mol. The van der Waals surface area contributed by atoms with E-state index in [9.17, 15) is 9.59 Å². The summed E-state index contributed by atoms with van der Waals surface area (Å²) >= 11 is 5.22. The summed E-state index contributed by atoms with van der Waals surface area (Å²) in [6.07, 6.45) is 0. The first-order chi connectivity index (χ1) is 12.4. The lowest BCUT2D eigenvalue weighted by Crippen LogP contribution is -2.45. The molecule has 0 saturated carbocycles. The van der Waals surface area contributed by atoms with Crippen LogP contribution in [0.25, 0.3) is 10.8 Å². The van der Waals surface area contributed by atoms with Crippen LogP contribution in [0.15, 0.2) is 47.7 Å². The molecule has 0 fully saturated rings. The van der Waals surface area contributed by atoms with Crippen molar-refractivity contribution in [1.82, 2.24) is 10.6 Å². The maximum atomic E-state index is 12.5. The molecular weight excluding hydrogens is 352 g/mol. The summed E-state index contributed by atoms with van der Waals surface area (Å²) in [7, 11) is 2.80. The minimum Gasteiger partial charge on any atom is -0.497 e. The summed E-state index contributed by atoms with van der Waals surface area (Å²) < 4.78 is 9.84. The van der Waals surface area contributed by atoms with Gasteiger partial charge in [0.15, 0.2) is 5.11 Å². The van der Waals surface area contributed by atoms with Crippen molar-refractivity contribution in [2.24, 2.45) is 0 Å². The van der Waals surface area contributed by atoms with Crippen molar-refractivity contribution in [2.45, 2.75) is 13.0 Å². The number of hydrogen-bond donors (Lipinski definition) is 2. The number of benzene rings is 2. The fourth-order valence-corrected chi connectivity index (χ4v) is 3.27. The molecule has 0 amide bonds. The molecule has 2 aromatic rings. The molecule has 1 aliphatic heterocycles. The second kappa shape index (κ2) is 7.13. The van der Waals surface area contributed by atoms with Gasteiger partial charge in [-0.1, -0.05) is 18.2 Å². The maximum Gasteiger partial charge on any atom is 0.379 e. The van der Waals surface area contributed by atoms with Crippen LogP contribution in [0.1, 0.15) is 18.5 Å². The van der Waals surface area contributed by atoms with Gasteiger partial charge in [0.2, 0.25) is 0 Å². The molecule has 0 aromatic heterocycles. The fourth-order valence-electron chi connectivity index (χ4n) is 3.00. The number of esters is 1. The van der Waals surface area contributed by atoms with Crippen molar-refractivity contribution >= 4 is 39.9 Å². The Morgan fingerprint density at radius 2 is 1.77 bits per heavy atom. The number of rotatable bonds is 4. The normalized spacial score (nSPS) is 16.7. The highest BCUT2D eigenvalue weighted by Crippen LogP contribution is 2.30. The molecule has 1 aliphatic rings. The zero-order valence-electron chi connectivity index (χ0n) is 14.6. The predicted molar refractivity (Wildman–Crippen MR) is 102 cm³/mol. The van der Waals surface area contributed by atoms with Gasteiger partial charge in [0.05, 0.1) is 25.8 Å². The molecule has 6 nitrogen and oxygen atoms in total. The Kier molecular flexibility index (Phi) is 4.90. The molecule has 134 valence electrons. The topological polar surface area (TPSA) is 76.7 Å². The van der Waals surface area contributed by atoms with Gasteiger partial charge in [0.1, 0.15) is 5.75 Å². The highest BCUT2D eigenvalue weighted by molar-refractivity contribution is 7.80. The van der Waals surface area contributed by atoms with Crippen LogP contribution >= 0.6 is 12.2 Å². The Morgan fingerprint density at radius 1 is 1.08 bits per heavy atom. The van der Waals surface area contributed by atoms with Crippen LogP contribution in [-0.2, 0) is 14.3 Å². The van der Waals surface area contributed by atoms with E-state index in [4.69, 9.17) is 17.0 Å². The third-order valence-corrected chi connectivity index (χ3v) is 4.51. The summed E-state index contributed by atoms with van der Waals surface area (Å²) in [5, 5.41) is 8.35. The minimum absolute atomic E-state index is 0.290. The van der Waals surface area contributed by atoms with Crippen molar-refractivity contribution < 1.29 is 19.1 Å². The van der Waals surface area contributed by atoms with Gasteiger partial charge in [-0.05, 0) is 53.7 Å². The first-order valence-corrected chi connectivity index (χ1v) is 8.34. The van der Waals surface area contributed by atoms with E-state index in [-0.39, 0.29) is 0 Å². The monoisotopic (exact) mass is 370 g/mol. The fraction of sp³-hybridized carbons (Fsp3) is 0.211. The molecule has 0 radical (unpaired) electrons. The molecule has 7 heteroatoms. The predicted octanol–water partition coefficient (Wildman–Crippen LogP) is 2.38. The zero-order valence-corrected chi connectivity index (χ0v) is 15.4. The molecule has 1 atom stereocenters. The zero-order chi connectivity index (χ0) is 18.8. The summed E-state index contributed by atoms with van der Waals surface area (Å²) in [5.74, 6) is -0.845. The second-order valence-corrected chi connectivity index (χ2v) is 6.27. The Bertz CT molecular complexity index is 952. The second-order valence-electron chi connectivity index (χ2n) is 5.86. The highest BCUT2D eigenvalue weighted by atomic mass is 32.1. The van der Waals surface area contributed by atoms with Crippen LogP contribution in [-0.4, -0.2) is 31.1 Å². The van der Waals surface area contributed by atoms with Crippen LogP contribution < -0.4 is 15.4 Å². The van der Waals surface area contributed by atoms with Gasteiger partial charge in [-0.15, -0.1) is 0 Å². The molecular formula is C19H18N2O4S. The van der Waals surface area contributed by atoms with E-state index in [1.54, 1.807) is 14.0 Å². The standard InChI is InChI=1S/C19H18N2O4S/c1-10-15(17(22)18(23)25-3)16(21-19(26)20-10)13-5-4-12-9-14(24-2)7-6-11(12)8-13/h4-9,16H,1-3H3,(H2,20,21,26)/t16-/m1/s1. The van der Waals surface area contributed by atoms with Gasteiger partial charge in [-0.2, -0.15) is 0 Å². The first kappa shape index (κ1) is 17.9. The summed E-state index contributed by atoms with van der Waals surface area (Å²) in [5.41, 5.74) is 1.64. The Labute approximate surface area is 156 Å². The van der Waals surface area contributed by atoms with Gasteiger partial charge in [0.25, 0.3) is 5.78 Å². The van der Waals surface area contributed by atoms with Crippen molar-refractivity contribution in [1.29, 1.82) is 0 Å². The number of ketones is 1. The number of thiocarbonyl (C=S) groups is 1. The number of allylic oxidation sites excluding steroid dienone is 1. The van der Waals surface area contributed by atoms with E-state index in [1.165, 1.54) is 7.11 Å². The Morgan fingerprint density at radius 3 is 2.46 bits per heavy atom. The smallest absolute Gasteiger partial charge is 0.379 e. The van der Waals surface area contributed by atoms with E-state index >= 15 is 0 Å². The lowest BCUT2D eigenvalue weighted by molar-refractivity contribution is -0.150. The lowest BCUT2D eigenvalue weighted by atomic mass is 9.91. The molecule has 3 rings (SSSR count). The summed E-state index contributed by atoms with van der Waals surface area (Å²) in [6.45, 7) is 1.71. The maximum absolute atomic E-state index is 12.5. The van der Waals surface area contributed by atoms with Crippen LogP contribution in [0.2, 0.25) is 0 Å². The quantitative estimate of drug-likeness (QED) is 0.486. The molecule has 2 N–H and O–H groups in total. The molecule has 0 unspecified atom stereocenters. The van der Waals surface area contributed by atoms with Gasteiger partial charge < -0.3 is 20.1 Å². The van der Waals surface area contributed by atoms with Crippen molar-refractivity contribution in [3.05, 3.63) is 53.2 Å². The van der Waals surface area contributed by atoms with Crippen LogP contribution in [0.4, 0.5) is 0 Å². The average Bonchev–Trinajstić information content (AvgIpc) is 2.65. The number of Topliss-reactive ketones (excluding diaryl/α,β-unsaturated/α-hetero) is 1. The molecule has 2 aromatic carbocycles. The lowest BCUT2D eigenvalue weighted by Gasteiger charge is -2.30. The minimum atomic E-state index is -0.911. The third-order valence-electron chi connectivity index (χ3n) is 4.29. The van der Waals surface area contributed by atoms with Gasteiger partial charge in [0, 0.05) is 5.70 Å². The molecule has 0 saturated heterocycles. The summed E-state index contributed by atoms with van der Waals surface area (Å²) in [6, 6.07) is 11.0. The van der Waals surface area contributed by atoms with Crippen molar-refractivity contribution in [3.63, 3.8) is 0 Å². The SMILES string of the molecule is COC(=O)C(=O)C1=C(C)NC(=S)N[C@@H]1c1ccc2cc(OC)ccc2c1. The van der Waals surface area contributed by atoms with E-state index in [2.05, 4.69) is 15.4 Å². The number of hydrogen-bond acceptors (Lipinski definition) is 5. The van der Waals surface area contributed by atoms with E-state index < -0.39 is 17.8 Å². The van der Waals surface area contributed by atoms with Gasteiger partial charge in [-0.25, -0.2) is 4.79 Å². The number of ether oxygens (including phenoxy) is 2. The highest BCUT2D eigenvalue weighted by Gasteiger charge is 2.33. The van der Waals surface area contributed by atoms with Crippen molar-refractivity contribution in [2.75, 3.05) is 14.2 Å². The first-order valence-electron chi connectivity index (χ1n) is 7.93. The third kappa shape index (κ3) is 3.25. The molecule has 26 heavy (non-hydrogen) atoms.